The predicted octanol–water partition coefficient (Wildman–Crippen LogP) is 0.597. The van der Waals surface area contributed by atoms with Gasteiger partial charge >= 0.3 is 5.97 Å². The van der Waals surface area contributed by atoms with Crippen LogP contribution in [0.5, 0.6) is 0 Å². The molecule has 0 heterocycles. The van der Waals surface area contributed by atoms with Crippen molar-refractivity contribution in [3.63, 3.8) is 0 Å². The van der Waals surface area contributed by atoms with E-state index in [2.05, 4.69) is 5.32 Å². The van der Waals surface area contributed by atoms with E-state index < -0.39 is 0 Å². The number of esters is 1. The summed E-state index contributed by atoms with van der Waals surface area (Å²) in [6.45, 7) is 7.66. The molecule has 0 aromatic rings. The van der Waals surface area contributed by atoms with Crippen LogP contribution >= 0.6 is 0 Å². The Kier molecular flexibility index (Phi) is 13.2. The van der Waals surface area contributed by atoms with Gasteiger partial charge in [0.15, 0.2) is 0 Å². The van der Waals surface area contributed by atoms with Gasteiger partial charge in [-0.05, 0) is 13.5 Å². The molecule has 1 unspecified atom stereocenters. The number of carbonyl (C=O) groups excluding carboxylic acids is 1. The second kappa shape index (κ2) is 13.7. The molecule has 0 aliphatic rings. The van der Waals surface area contributed by atoms with E-state index in [1.54, 1.807) is 7.11 Å². The van der Waals surface area contributed by atoms with Gasteiger partial charge in [-0.15, -0.1) is 0 Å². The third-order valence-corrected chi connectivity index (χ3v) is 2.32. The minimum absolute atomic E-state index is 0.146. The Bertz CT molecular complexity index is 213. The van der Waals surface area contributed by atoms with Crippen LogP contribution in [0, 0.1) is 0 Å². The van der Waals surface area contributed by atoms with Crippen LogP contribution in [0.1, 0.15) is 20.3 Å². The summed E-state index contributed by atoms with van der Waals surface area (Å²) in [7, 11) is 1.63. The van der Waals surface area contributed by atoms with Crippen molar-refractivity contribution in [2.75, 3.05) is 53.3 Å². The Balaban J connectivity index is 3.23. The van der Waals surface area contributed by atoms with Gasteiger partial charge in [-0.25, -0.2) is 0 Å². The van der Waals surface area contributed by atoms with Gasteiger partial charge in [0.2, 0.25) is 0 Å². The van der Waals surface area contributed by atoms with Crippen LogP contribution in [-0.4, -0.2) is 65.3 Å². The lowest BCUT2D eigenvalue weighted by Crippen LogP contribution is -2.29. The second-order valence-electron chi connectivity index (χ2n) is 4.10. The maximum Gasteiger partial charge on any atom is 0.307 e. The second-order valence-corrected chi connectivity index (χ2v) is 4.10. The molecule has 0 aromatic heterocycles. The molecule has 0 bridgehead atoms. The molecule has 19 heavy (non-hydrogen) atoms. The number of nitrogens with one attached hydrogen (secondary N) is 1. The average Bonchev–Trinajstić information content (AvgIpc) is 2.37. The summed E-state index contributed by atoms with van der Waals surface area (Å²) >= 11 is 0. The quantitative estimate of drug-likeness (QED) is 0.393. The molecule has 0 aliphatic carbocycles. The van der Waals surface area contributed by atoms with Crippen LogP contribution in [0.25, 0.3) is 0 Å². The van der Waals surface area contributed by atoms with E-state index in [1.807, 2.05) is 13.8 Å². The van der Waals surface area contributed by atoms with Gasteiger partial charge in [-0.2, -0.15) is 0 Å². The van der Waals surface area contributed by atoms with Crippen LogP contribution < -0.4 is 5.32 Å². The van der Waals surface area contributed by atoms with Crippen molar-refractivity contribution in [3.8, 4) is 0 Å². The molecule has 0 aromatic carbocycles. The zero-order chi connectivity index (χ0) is 14.3. The molecule has 1 atom stereocenters. The molecule has 114 valence electrons. The molecule has 0 rings (SSSR count). The number of hydrogen-bond donors (Lipinski definition) is 1. The molecule has 0 saturated heterocycles. The molecule has 0 radical (unpaired) electrons. The van der Waals surface area contributed by atoms with Crippen LogP contribution in [-0.2, 0) is 23.7 Å². The Hall–Kier alpha value is -0.690. The third-order valence-electron chi connectivity index (χ3n) is 2.32. The minimum atomic E-state index is -0.201. The number of ether oxygens (including phenoxy) is 4. The average molecular weight is 277 g/mol. The van der Waals surface area contributed by atoms with Gasteiger partial charge in [0.1, 0.15) is 6.61 Å². The highest BCUT2D eigenvalue weighted by atomic mass is 16.6. The Morgan fingerprint density at radius 1 is 1.05 bits per heavy atom. The standard InChI is InChI=1S/C13H27NO5/c1-4-14-12(2)11-13(15)19-10-9-18-8-7-17-6-5-16-3/h12,14H,4-11H2,1-3H3. The first-order chi connectivity index (χ1) is 9.20. The lowest BCUT2D eigenvalue weighted by molar-refractivity contribution is -0.145. The molecule has 6 heteroatoms. The Labute approximate surface area is 115 Å². The van der Waals surface area contributed by atoms with Gasteiger partial charge in [0.25, 0.3) is 0 Å². The molecule has 6 nitrogen and oxygen atoms in total. The maximum atomic E-state index is 11.4. The van der Waals surface area contributed by atoms with E-state index in [0.717, 1.165) is 6.54 Å². The monoisotopic (exact) mass is 277 g/mol. The fourth-order valence-electron chi connectivity index (χ4n) is 1.41. The number of rotatable bonds is 13. The summed E-state index contributed by atoms with van der Waals surface area (Å²) in [5, 5.41) is 3.15. The van der Waals surface area contributed by atoms with Crippen molar-refractivity contribution in [1.82, 2.24) is 5.32 Å². The minimum Gasteiger partial charge on any atom is -0.463 e. The van der Waals surface area contributed by atoms with E-state index in [0.29, 0.717) is 39.5 Å². The molecular weight excluding hydrogens is 250 g/mol. The van der Waals surface area contributed by atoms with Gasteiger partial charge in [0, 0.05) is 13.2 Å². The van der Waals surface area contributed by atoms with Crippen molar-refractivity contribution >= 4 is 5.97 Å². The summed E-state index contributed by atoms with van der Waals surface area (Å²) in [6.07, 6.45) is 0.383. The highest BCUT2D eigenvalue weighted by molar-refractivity contribution is 5.70. The first-order valence-corrected chi connectivity index (χ1v) is 6.74. The summed E-state index contributed by atoms with van der Waals surface area (Å²) in [5.74, 6) is -0.201. The number of methoxy groups -OCH3 is 1. The lowest BCUT2D eigenvalue weighted by Gasteiger charge is -2.11. The first-order valence-electron chi connectivity index (χ1n) is 6.74. The van der Waals surface area contributed by atoms with Crippen LogP contribution in [0.4, 0.5) is 0 Å². The third kappa shape index (κ3) is 13.5. The van der Waals surface area contributed by atoms with Crippen LogP contribution in [0.15, 0.2) is 0 Å². The number of carbonyl (C=O) groups is 1. The van der Waals surface area contributed by atoms with Gasteiger partial charge in [-0.1, -0.05) is 6.92 Å². The van der Waals surface area contributed by atoms with Crippen molar-refractivity contribution in [1.29, 1.82) is 0 Å². The summed E-state index contributed by atoms with van der Waals surface area (Å²) in [5.41, 5.74) is 0. The van der Waals surface area contributed by atoms with Crippen molar-refractivity contribution in [2.24, 2.45) is 0 Å². The SMILES string of the molecule is CCNC(C)CC(=O)OCCOCCOCCOC. The van der Waals surface area contributed by atoms with Gasteiger partial charge in [-0.3, -0.25) is 4.79 Å². The zero-order valence-corrected chi connectivity index (χ0v) is 12.3. The summed E-state index contributed by atoms with van der Waals surface area (Å²) in [4.78, 5) is 11.4. The highest BCUT2D eigenvalue weighted by Crippen LogP contribution is 1.94. The van der Waals surface area contributed by atoms with E-state index in [9.17, 15) is 4.79 Å². The van der Waals surface area contributed by atoms with Crippen molar-refractivity contribution < 1.29 is 23.7 Å². The number of hydrogen-bond acceptors (Lipinski definition) is 6. The van der Waals surface area contributed by atoms with Crippen LogP contribution in [0.2, 0.25) is 0 Å². The molecule has 0 spiro atoms. The fraction of sp³-hybridized carbons (Fsp3) is 0.923. The molecule has 0 aliphatic heterocycles. The Morgan fingerprint density at radius 3 is 2.21 bits per heavy atom. The lowest BCUT2D eigenvalue weighted by atomic mass is 10.2. The molecular formula is C13H27NO5. The molecule has 1 N–H and O–H groups in total. The highest BCUT2D eigenvalue weighted by Gasteiger charge is 2.08. The normalized spacial score (nSPS) is 12.4. The van der Waals surface area contributed by atoms with Crippen molar-refractivity contribution in [2.45, 2.75) is 26.3 Å². The predicted molar refractivity (Wildman–Crippen MR) is 72.2 cm³/mol. The fourth-order valence-corrected chi connectivity index (χ4v) is 1.41. The van der Waals surface area contributed by atoms with E-state index in [-0.39, 0.29) is 18.6 Å². The summed E-state index contributed by atoms with van der Waals surface area (Å²) in [6, 6.07) is 0.146. The zero-order valence-electron chi connectivity index (χ0n) is 12.3. The van der Waals surface area contributed by atoms with Crippen LogP contribution in [0.3, 0.4) is 0 Å². The molecule has 0 saturated carbocycles. The van der Waals surface area contributed by atoms with Gasteiger partial charge in [0.05, 0.1) is 39.5 Å². The van der Waals surface area contributed by atoms with E-state index in [4.69, 9.17) is 18.9 Å². The largest absolute Gasteiger partial charge is 0.463 e. The van der Waals surface area contributed by atoms with Gasteiger partial charge < -0.3 is 24.3 Å². The summed E-state index contributed by atoms with van der Waals surface area (Å²) < 4.78 is 20.3. The smallest absolute Gasteiger partial charge is 0.307 e. The maximum absolute atomic E-state index is 11.4. The van der Waals surface area contributed by atoms with E-state index in [1.165, 1.54) is 0 Å². The first kappa shape index (κ1) is 18.3. The molecule has 0 fully saturated rings. The molecule has 0 amide bonds. The Morgan fingerprint density at radius 2 is 1.63 bits per heavy atom. The van der Waals surface area contributed by atoms with E-state index >= 15 is 0 Å². The van der Waals surface area contributed by atoms with Crippen molar-refractivity contribution in [3.05, 3.63) is 0 Å². The topological polar surface area (TPSA) is 66.0 Å².